The van der Waals surface area contributed by atoms with Crippen LogP contribution in [0.15, 0.2) is 60.7 Å². The molecule has 0 bridgehead atoms. The van der Waals surface area contributed by atoms with Gasteiger partial charge in [-0.25, -0.2) is 0 Å². The van der Waals surface area contributed by atoms with Gasteiger partial charge in [0.15, 0.2) is 0 Å². The molecule has 2 aromatic carbocycles. The highest BCUT2D eigenvalue weighted by Gasteiger charge is 3.10. The summed E-state index contributed by atoms with van der Waals surface area (Å²) < 4.78 is 0. The van der Waals surface area contributed by atoms with Gasteiger partial charge in [-0.1, -0.05) is 102 Å². The Balaban J connectivity index is 1.36. The number of fused-ring (bicyclic) bond motifs is 1. The van der Waals surface area contributed by atoms with E-state index in [0.29, 0.717) is 32.5 Å². The maximum absolute atomic E-state index is 2.79. The third-order valence-corrected chi connectivity index (χ3v) is 13.3. The molecule has 8 atom stereocenters. The van der Waals surface area contributed by atoms with Crippen molar-refractivity contribution in [3.8, 4) is 0 Å². The van der Waals surface area contributed by atoms with Gasteiger partial charge in [-0.3, -0.25) is 0 Å². The quantitative estimate of drug-likeness (QED) is 0.469. The van der Waals surface area contributed by atoms with E-state index in [-0.39, 0.29) is 0 Å². The number of hydrogen-bond acceptors (Lipinski definition) is 0. The van der Waals surface area contributed by atoms with E-state index in [1.807, 2.05) is 0 Å². The van der Waals surface area contributed by atoms with Gasteiger partial charge < -0.3 is 0 Å². The number of rotatable bonds is 4. The van der Waals surface area contributed by atoms with Crippen molar-refractivity contribution in [2.75, 3.05) is 0 Å². The van der Waals surface area contributed by atoms with Crippen molar-refractivity contribution in [2.45, 2.75) is 67.2 Å². The molecule has 5 saturated carbocycles. The fourth-order valence-electron chi connectivity index (χ4n) is 12.8. The number of benzene rings is 2. The fraction of sp³-hybridized carbons (Fsp3) is 0.625. The van der Waals surface area contributed by atoms with Crippen LogP contribution in [0.25, 0.3) is 0 Å². The van der Waals surface area contributed by atoms with E-state index in [0.717, 1.165) is 23.7 Å². The lowest BCUT2D eigenvalue weighted by atomic mass is 9.28. The highest BCUT2D eigenvalue weighted by Crippen LogP contribution is 3.13. The summed E-state index contributed by atoms with van der Waals surface area (Å²) in [5.74, 6) is 3.52. The van der Waals surface area contributed by atoms with Gasteiger partial charge in [0, 0.05) is 0 Å². The van der Waals surface area contributed by atoms with E-state index in [1.165, 1.54) is 25.7 Å². The molecular formula is C32H40. The average molecular weight is 425 g/mol. The van der Waals surface area contributed by atoms with Gasteiger partial charge in [0.25, 0.3) is 0 Å². The van der Waals surface area contributed by atoms with Crippen molar-refractivity contribution < 1.29 is 0 Å². The molecule has 2 spiro atoms. The Morgan fingerprint density at radius 2 is 0.906 bits per heavy atom. The summed E-state index contributed by atoms with van der Waals surface area (Å²) in [7, 11) is 0. The summed E-state index contributed by atoms with van der Waals surface area (Å²) in [6, 6.07) is 22.8. The zero-order valence-electron chi connectivity index (χ0n) is 20.9. The van der Waals surface area contributed by atoms with Crippen molar-refractivity contribution in [2.24, 2.45) is 56.2 Å². The molecule has 0 nitrogen and oxygen atoms in total. The molecule has 168 valence electrons. The van der Waals surface area contributed by atoms with Crippen LogP contribution in [-0.2, 0) is 12.8 Å². The minimum absolute atomic E-state index is 0.450. The monoisotopic (exact) mass is 424 g/mol. The average Bonchev–Trinajstić information content (AvgIpc) is 3.35. The Morgan fingerprint density at radius 1 is 0.562 bits per heavy atom. The normalized spacial score (nSPS) is 49.9. The molecule has 0 heterocycles. The maximum Gasteiger partial charge on any atom is -0.00776 e. The van der Waals surface area contributed by atoms with E-state index in [2.05, 4.69) is 102 Å². The minimum Gasteiger partial charge on any atom is -0.0622 e. The summed E-state index contributed by atoms with van der Waals surface area (Å²) in [6.07, 6.45) is 5.47. The Kier molecular flexibility index (Phi) is 3.35. The van der Waals surface area contributed by atoms with Gasteiger partial charge in [-0.2, -0.15) is 0 Å². The predicted octanol–water partition coefficient (Wildman–Crippen LogP) is 7.82. The summed E-state index contributed by atoms with van der Waals surface area (Å²) in [5.41, 5.74) is 6.19. The Bertz CT molecular complexity index is 1010. The molecule has 0 unspecified atom stereocenters. The Hall–Kier alpha value is -1.56. The van der Waals surface area contributed by atoms with Gasteiger partial charge in [-0.05, 0) is 93.0 Å². The van der Waals surface area contributed by atoms with Crippen LogP contribution in [0.4, 0.5) is 0 Å². The second-order valence-electron chi connectivity index (χ2n) is 13.8. The van der Waals surface area contributed by atoms with E-state index >= 15 is 0 Å². The molecule has 2 aromatic rings. The first kappa shape index (κ1) is 19.9. The molecule has 0 aliphatic heterocycles. The van der Waals surface area contributed by atoms with E-state index in [4.69, 9.17) is 0 Å². The van der Waals surface area contributed by atoms with Crippen molar-refractivity contribution in [1.82, 2.24) is 0 Å². The molecule has 0 radical (unpaired) electrons. The molecule has 7 rings (SSSR count). The van der Waals surface area contributed by atoms with Crippen molar-refractivity contribution in [3.05, 3.63) is 71.8 Å². The lowest BCUT2D eigenvalue weighted by Crippen LogP contribution is -2.72. The second kappa shape index (κ2) is 5.39. The van der Waals surface area contributed by atoms with Gasteiger partial charge in [0.2, 0.25) is 0 Å². The summed E-state index contributed by atoms with van der Waals surface area (Å²) in [6.45, 7) is 16.2. The van der Waals surface area contributed by atoms with Crippen LogP contribution in [0, 0.1) is 56.2 Å². The second-order valence-corrected chi connectivity index (χ2v) is 13.8. The van der Waals surface area contributed by atoms with Crippen LogP contribution in [-0.4, -0.2) is 0 Å². The van der Waals surface area contributed by atoms with Crippen LogP contribution >= 0.6 is 0 Å². The molecule has 0 N–H and O–H groups in total. The smallest absolute Gasteiger partial charge is 0.00776 e. The zero-order valence-corrected chi connectivity index (χ0v) is 20.9. The highest BCUT2D eigenvalue weighted by molar-refractivity contribution is 5.56. The summed E-state index contributed by atoms with van der Waals surface area (Å²) in [5, 5.41) is 0. The molecule has 5 fully saturated rings. The van der Waals surface area contributed by atoms with Gasteiger partial charge >= 0.3 is 0 Å². The van der Waals surface area contributed by atoms with Crippen LogP contribution in [0.3, 0.4) is 0 Å². The molecular weight excluding hydrogens is 384 g/mol. The van der Waals surface area contributed by atoms with Crippen LogP contribution < -0.4 is 0 Å². The lowest BCUT2D eigenvalue weighted by Gasteiger charge is -2.75. The zero-order chi connectivity index (χ0) is 22.4. The molecule has 5 aliphatic carbocycles. The largest absolute Gasteiger partial charge is 0.0622 e. The van der Waals surface area contributed by atoms with Crippen LogP contribution in [0.2, 0.25) is 0 Å². The third kappa shape index (κ3) is 1.58. The van der Waals surface area contributed by atoms with Crippen molar-refractivity contribution >= 4 is 0 Å². The lowest BCUT2D eigenvalue weighted by molar-refractivity contribution is -0.286. The predicted molar refractivity (Wildman–Crippen MR) is 132 cm³/mol. The first-order chi connectivity index (χ1) is 15.1. The van der Waals surface area contributed by atoms with Crippen molar-refractivity contribution in [1.29, 1.82) is 0 Å². The first-order valence-corrected chi connectivity index (χ1v) is 13.2. The SMILES string of the molecule is CC1(C)[C@@H]2C[C@H](Cc3ccccc3)[C@@]3(C)[C@]4(C)[C@@H](Cc5ccccc5)C[C@H]5C(C)(C)[C@]54[C@]213. The van der Waals surface area contributed by atoms with Crippen LogP contribution in [0.5, 0.6) is 0 Å². The fourth-order valence-corrected chi connectivity index (χ4v) is 12.8. The third-order valence-electron chi connectivity index (χ3n) is 13.3. The molecule has 0 saturated heterocycles. The number of hydrogen-bond donors (Lipinski definition) is 0. The van der Waals surface area contributed by atoms with Gasteiger partial charge in [-0.15, -0.1) is 0 Å². The van der Waals surface area contributed by atoms with Crippen molar-refractivity contribution in [3.63, 3.8) is 0 Å². The molecule has 0 aromatic heterocycles. The Labute approximate surface area is 195 Å². The molecule has 0 heteroatoms. The highest BCUT2D eigenvalue weighted by atomic mass is 15.1. The first-order valence-electron chi connectivity index (χ1n) is 13.2. The Morgan fingerprint density at radius 3 is 1.25 bits per heavy atom. The van der Waals surface area contributed by atoms with E-state index in [1.54, 1.807) is 11.1 Å². The molecule has 32 heavy (non-hydrogen) atoms. The standard InChI is InChI=1S/C32H40/c1-27(2)25-19-23(17-21-13-9-7-10-14-21)29(5)30(6)24(18-22-15-11-8-12-16-22)20-26-28(3,4)32(26,30)31(25,27)29/h7-16,23-26H,17-20H2,1-6H3/t23-,24-,25-,26-,29-,30-,31+,32+/m0/s1. The minimum atomic E-state index is 0.450. The van der Waals surface area contributed by atoms with Gasteiger partial charge in [0.1, 0.15) is 0 Å². The summed E-state index contributed by atoms with van der Waals surface area (Å²) >= 11 is 0. The summed E-state index contributed by atoms with van der Waals surface area (Å²) in [4.78, 5) is 0. The maximum atomic E-state index is 2.79. The van der Waals surface area contributed by atoms with E-state index < -0.39 is 0 Å². The topological polar surface area (TPSA) is 0 Å². The van der Waals surface area contributed by atoms with Crippen LogP contribution in [0.1, 0.15) is 65.5 Å². The van der Waals surface area contributed by atoms with E-state index in [9.17, 15) is 0 Å². The molecule has 5 aliphatic rings. The molecule has 0 amide bonds. The van der Waals surface area contributed by atoms with Gasteiger partial charge in [0.05, 0.1) is 0 Å².